The summed E-state index contributed by atoms with van der Waals surface area (Å²) in [6, 6.07) is 9.18. The number of likely N-dealkylation sites (N-methyl/N-ethyl adjacent to an activating group) is 1. The number of likely N-dealkylation sites (tertiary alicyclic amines) is 1. The van der Waals surface area contributed by atoms with Gasteiger partial charge in [0.15, 0.2) is 5.76 Å². The largest absolute Gasteiger partial charge is 0.476 e. The second-order valence-electron chi connectivity index (χ2n) is 8.68. The fraction of sp³-hybridized carbons (Fsp3) is 0.348. The normalized spacial score (nSPS) is 20.2. The van der Waals surface area contributed by atoms with Crippen LogP contribution in [0, 0.1) is 0 Å². The number of aliphatic hydroxyl groups is 1. The minimum absolute atomic E-state index is 0.422. The Morgan fingerprint density at radius 2 is 1.94 bits per heavy atom. The van der Waals surface area contributed by atoms with Gasteiger partial charge in [0, 0.05) is 38.3 Å². The molecule has 2 N–H and O–H groups in total. The first kappa shape index (κ1) is 20.8. The molecule has 0 amide bonds. The van der Waals surface area contributed by atoms with Crippen LogP contribution in [-0.2, 0) is 12.1 Å². The lowest BCUT2D eigenvalue weighted by Gasteiger charge is -2.18. The van der Waals surface area contributed by atoms with Crippen molar-refractivity contribution < 1.29 is 14.4 Å². The van der Waals surface area contributed by atoms with E-state index >= 15 is 0 Å². The smallest absolute Gasteiger partial charge is 0.236 e. The Hall–Kier alpha value is -3.83. The Kier molecular flexibility index (Phi) is 5.00. The van der Waals surface area contributed by atoms with Gasteiger partial charge in [0.2, 0.25) is 11.8 Å². The predicted molar refractivity (Wildman–Crippen MR) is 122 cm³/mol. The van der Waals surface area contributed by atoms with E-state index in [4.69, 9.17) is 14.2 Å². The summed E-state index contributed by atoms with van der Waals surface area (Å²) in [6.45, 7) is 2.80. The van der Waals surface area contributed by atoms with Crippen molar-refractivity contribution in [1.82, 2.24) is 34.8 Å². The molecule has 1 unspecified atom stereocenters. The molecule has 0 radical (unpaired) electrons. The Balaban J connectivity index is 1.25. The zero-order valence-electron chi connectivity index (χ0n) is 18.7. The summed E-state index contributed by atoms with van der Waals surface area (Å²) in [5, 5.41) is 22.6. The summed E-state index contributed by atoms with van der Waals surface area (Å²) in [4.78, 5) is 15.7. The average molecular weight is 460 g/mol. The maximum atomic E-state index is 10.9. The number of nitrogens with one attached hydrogen (secondary N) is 1. The van der Waals surface area contributed by atoms with E-state index < -0.39 is 5.60 Å². The molecule has 4 aromatic heterocycles. The number of rotatable bonds is 5. The van der Waals surface area contributed by atoms with Gasteiger partial charge in [-0.25, -0.2) is 19.6 Å². The van der Waals surface area contributed by atoms with Crippen LogP contribution in [-0.4, -0.2) is 66.6 Å². The molecule has 0 bridgehead atoms. The highest BCUT2D eigenvalue weighted by molar-refractivity contribution is 5.64. The van der Waals surface area contributed by atoms with Crippen LogP contribution >= 0.6 is 0 Å². The molecule has 1 saturated heterocycles. The lowest BCUT2D eigenvalue weighted by atomic mass is 9.99. The van der Waals surface area contributed by atoms with Crippen LogP contribution in [0.5, 0.6) is 5.88 Å². The molecule has 11 nitrogen and oxygen atoms in total. The van der Waals surface area contributed by atoms with Gasteiger partial charge in [0.1, 0.15) is 17.0 Å². The topological polar surface area (TPSA) is 127 Å². The summed E-state index contributed by atoms with van der Waals surface area (Å²) in [5.41, 5.74) is 2.22. The van der Waals surface area contributed by atoms with E-state index in [9.17, 15) is 5.11 Å². The van der Waals surface area contributed by atoms with Gasteiger partial charge < -0.3 is 24.6 Å². The first-order valence-electron chi connectivity index (χ1n) is 11.2. The molecule has 4 aromatic rings. The van der Waals surface area contributed by atoms with Gasteiger partial charge in [-0.15, -0.1) is 0 Å². The predicted octanol–water partition coefficient (Wildman–Crippen LogP) is 2.44. The average Bonchev–Trinajstić information content (AvgIpc) is 3.59. The monoisotopic (exact) mass is 460 g/mol. The molecular weight excluding hydrogens is 436 g/mol. The quantitative estimate of drug-likeness (QED) is 0.458. The lowest BCUT2D eigenvalue weighted by Crippen LogP contribution is -2.28. The number of pyridine rings is 1. The lowest BCUT2D eigenvalue weighted by molar-refractivity contribution is 0.0211. The Morgan fingerprint density at radius 1 is 1.09 bits per heavy atom. The summed E-state index contributed by atoms with van der Waals surface area (Å²) in [7, 11) is 1.97. The van der Waals surface area contributed by atoms with Crippen molar-refractivity contribution in [2.75, 3.05) is 32.1 Å². The Labute approximate surface area is 195 Å². The number of anilines is 2. The fourth-order valence-corrected chi connectivity index (χ4v) is 4.35. The van der Waals surface area contributed by atoms with Gasteiger partial charge in [-0.1, -0.05) is 11.2 Å². The van der Waals surface area contributed by atoms with E-state index in [1.54, 1.807) is 24.5 Å². The molecule has 0 saturated carbocycles. The standard InChI is InChI=1S/C23H24N8O3/c1-30-10-7-23(32,14-30)20-12-18(29-34-20)16-5-2-4-15(26-16)17-6-8-24-22(27-17)28-19-13-25-31-9-3-11-33-21(19)31/h2,4-6,8,12-13,32H,3,7,9-11,14H2,1H3,(H,24,27,28). The van der Waals surface area contributed by atoms with Crippen molar-refractivity contribution in [3.05, 3.63) is 48.5 Å². The minimum atomic E-state index is -1.03. The summed E-state index contributed by atoms with van der Waals surface area (Å²) in [5.74, 6) is 1.57. The molecule has 6 rings (SSSR count). The van der Waals surface area contributed by atoms with Crippen LogP contribution in [0.3, 0.4) is 0 Å². The van der Waals surface area contributed by atoms with Crippen molar-refractivity contribution in [2.24, 2.45) is 0 Å². The Bertz CT molecular complexity index is 1340. The first-order valence-corrected chi connectivity index (χ1v) is 11.2. The van der Waals surface area contributed by atoms with Crippen molar-refractivity contribution in [3.8, 4) is 28.7 Å². The van der Waals surface area contributed by atoms with Crippen LogP contribution < -0.4 is 10.1 Å². The number of β-amino-alcohol motifs (C(OH)–C–C–N with tert-alkyl or cyclic N) is 1. The summed E-state index contributed by atoms with van der Waals surface area (Å²) in [6.07, 6.45) is 4.93. The van der Waals surface area contributed by atoms with Crippen LogP contribution in [0.25, 0.3) is 22.8 Å². The van der Waals surface area contributed by atoms with Gasteiger partial charge >= 0.3 is 0 Å². The molecule has 6 heterocycles. The van der Waals surface area contributed by atoms with Crippen LogP contribution in [0.2, 0.25) is 0 Å². The molecule has 0 spiro atoms. The molecule has 2 aliphatic rings. The van der Waals surface area contributed by atoms with E-state index in [-0.39, 0.29) is 0 Å². The third-order valence-corrected chi connectivity index (χ3v) is 6.13. The van der Waals surface area contributed by atoms with E-state index in [1.807, 2.05) is 29.9 Å². The SMILES string of the molecule is CN1CCC(O)(c2cc(-c3cccc(-c4ccnc(Nc5cnn6c5OCCC6)n4)n3)no2)C1. The van der Waals surface area contributed by atoms with E-state index in [0.717, 1.165) is 25.2 Å². The third kappa shape index (κ3) is 3.78. The van der Waals surface area contributed by atoms with Gasteiger partial charge in [-0.05, 0) is 31.7 Å². The second-order valence-corrected chi connectivity index (χ2v) is 8.68. The fourth-order valence-electron chi connectivity index (χ4n) is 4.35. The van der Waals surface area contributed by atoms with Crippen molar-refractivity contribution in [1.29, 1.82) is 0 Å². The number of hydrogen-bond acceptors (Lipinski definition) is 10. The summed E-state index contributed by atoms with van der Waals surface area (Å²) < 4.78 is 13.1. The number of hydrogen-bond donors (Lipinski definition) is 2. The zero-order valence-corrected chi connectivity index (χ0v) is 18.7. The number of aromatic nitrogens is 6. The molecule has 174 valence electrons. The molecule has 0 aromatic carbocycles. The molecule has 1 atom stereocenters. The molecular formula is C23H24N8O3. The highest BCUT2D eigenvalue weighted by Gasteiger charge is 2.39. The number of nitrogens with zero attached hydrogens (tertiary/aromatic N) is 7. The van der Waals surface area contributed by atoms with Gasteiger partial charge in [0.25, 0.3) is 0 Å². The van der Waals surface area contributed by atoms with E-state index in [2.05, 4.69) is 30.4 Å². The van der Waals surface area contributed by atoms with Gasteiger partial charge in [-0.2, -0.15) is 5.10 Å². The number of ether oxygens (including phenoxy) is 1. The van der Waals surface area contributed by atoms with Gasteiger partial charge in [0.05, 0.1) is 29.9 Å². The maximum absolute atomic E-state index is 10.9. The van der Waals surface area contributed by atoms with Crippen LogP contribution in [0.4, 0.5) is 11.6 Å². The van der Waals surface area contributed by atoms with E-state index in [0.29, 0.717) is 59.9 Å². The molecule has 2 aliphatic heterocycles. The minimum Gasteiger partial charge on any atom is -0.476 e. The first-order chi connectivity index (χ1) is 16.6. The van der Waals surface area contributed by atoms with Crippen LogP contribution in [0.1, 0.15) is 18.6 Å². The van der Waals surface area contributed by atoms with Gasteiger partial charge in [-0.3, -0.25) is 0 Å². The van der Waals surface area contributed by atoms with Crippen molar-refractivity contribution in [3.63, 3.8) is 0 Å². The van der Waals surface area contributed by atoms with Crippen molar-refractivity contribution >= 4 is 11.6 Å². The summed E-state index contributed by atoms with van der Waals surface area (Å²) >= 11 is 0. The Morgan fingerprint density at radius 3 is 2.79 bits per heavy atom. The number of fused-ring (bicyclic) bond motifs is 1. The third-order valence-electron chi connectivity index (χ3n) is 6.13. The van der Waals surface area contributed by atoms with Crippen molar-refractivity contribution in [2.45, 2.75) is 25.0 Å². The number of aryl methyl sites for hydroxylation is 1. The molecule has 0 aliphatic carbocycles. The van der Waals surface area contributed by atoms with Crippen LogP contribution in [0.15, 0.2) is 47.2 Å². The molecule has 11 heteroatoms. The molecule has 34 heavy (non-hydrogen) atoms. The molecule has 1 fully saturated rings. The highest BCUT2D eigenvalue weighted by Crippen LogP contribution is 2.34. The highest BCUT2D eigenvalue weighted by atomic mass is 16.5. The maximum Gasteiger partial charge on any atom is 0.236 e. The van der Waals surface area contributed by atoms with E-state index in [1.165, 1.54) is 0 Å². The zero-order chi connectivity index (χ0) is 23.1. The second kappa shape index (κ2) is 8.19.